The van der Waals surface area contributed by atoms with Crippen LogP contribution in [0.4, 0.5) is 4.39 Å². The number of furan rings is 1. The molecule has 0 aliphatic heterocycles. The SMILES string of the molecule is COc1ccc(CC(NN)c2occc2C)cc1F. The second-order valence-corrected chi connectivity index (χ2v) is 4.36. The Bertz CT molecular complexity index is 554. The van der Waals surface area contributed by atoms with Crippen LogP contribution in [0.1, 0.15) is 22.9 Å². The number of rotatable bonds is 5. The van der Waals surface area contributed by atoms with E-state index in [0.717, 1.165) is 16.9 Å². The van der Waals surface area contributed by atoms with E-state index < -0.39 is 0 Å². The van der Waals surface area contributed by atoms with Gasteiger partial charge in [-0.05, 0) is 42.7 Å². The van der Waals surface area contributed by atoms with E-state index in [2.05, 4.69) is 5.43 Å². The van der Waals surface area contributed by atoms with Crippen LogP contribution in [0.15, 0.2) is 34.9 Å². The fourth-order valence-corrected chi connectivity index (χ4v) is 2.04. The highest BCUT2D eigenvalue weighted by atomic mass is 19.1. The van der Waals surface area contributed by atoms with Crippen molar-refractivity contribution in [3.05, 3.63) is 53.2 Å². The number of methoxy groups -OCH3 is 1. The molecular formula is C14H17FN2O2. The number of halogens is 1. The summed E-state index contributed by atoms with van der Waals surface area (Å²) in [4.78, 5) is 0. The number of nitrogens with one attached hydrogen (secondary N) is 1. The fraction of sp³-hybridized carbons (Fsp3) is 0.286. The van der Waals surface area contributed by atoms with Crippen LogP contribution in [0.25, 0.3) is 0 Å². The molecule has 0 aliphatic carbocycles. The Labute approximate surface area is 111 Å². The Morgan fingerprint density at radius 2 is 2.21 bits per heavy atom. The summed E-state index contributed by atoms with van der Waals surface area (Å²) in [6.45, 7) is 1.94. The average Bonchev–Trinajstić information content (AvgIpc) is 2.82. The van der Waals surface area contributed by atoms with Crippen molar-refractivity contribution in [1.29, 1.82) is 0 Å². The van der Waals surface area contributed by atoms with Gasteiger partial charge in [-0.3, -0.25) is 5.84 Å². The van der Waals surface area contributed by atoms with Crippen molar-refractivity contribution in [1.82, 2.24) is 5.43 Å². The molecule has 2 rings (SSSR count). The molecule has 2 aromatic rings. The van der Waals surface area contributed by atoms with Crippen molar-refractivity contribution < 1.29 is 13.5 Å². The van der Waals surface area contributed by atoms with Crippen molar-refractivity contribution in [2.45, 2.75) is 19.4 Å². The Morgan fingerprint density at radius 1 is 1.42 bits per heavy atom. The zero-order valence-electron chi connectivity index (χ0n) is 10.9. The minimum absolute atomic E-state index is 0.192. The quantitative estimate of drug-likeness (QED) is 0.643. The van der Waals surface area contributed by atoms with Crippen LogP contribution in [0.3, 0.4) is 0 Å². The zero-order chi connectivity index (χ0) is 13.8. The number of hydrogen-bond donors (Lipinski definition) is 2. The maximum atomic E-state index is 13.6. The van der Waals surface area contributed by atoms with Crippen molar-refractivity contribution in [2.75, 3.05) is 7.11 Å². The molecule has 0 saturated carbocycles. The number of benzene rings is 1. The van der Waals surface area contributed by atoms with Crippen molar-refractivity contribution >= 4 is 0 Å². The number of hydrogen-bond acceptors (Lipinski definition) is 4. The van der Waals surface area contributed by atoms with Crippen LogP contribution in [-0.4, -0.2) is 7.11 Å². The van der Waals surface area contributed by atoms with Gasteiger partial charge in [-0.2, -0.15) is 0 Å². The minimum atomic E-state index is -0.382. The third-order valence-electron chi connectivity index (χ3n) is 3.08. The van der Waals surface area contributed by atoms with Gasteiger partial charge < -0.3 is 9.15 Å². The van der Waals surface area contributed by atoms with E-state index in [0.29, 0.717) is 6.42 Å². The van der Waals surface area contributed by atoms with E-state index in [1.165, 1.54) is 13.2 Å². The van der Waals surface area contributed by atoms with E-state index >= 15 is 0 Å². The zero-order valence-corrected chi connectivity index (χ0v) is 10.9. The average molecular weight is 264 g/mol. The molecule has 1 heterocycles. The second kappa shape index (κ2) is 5.86. The number of nitrogens with two attached hydrogens (primary N) is 1. The number of hydrazine groups is 1. The monoisotopic (exact) mass is 264 g/mol. The first-order valence-corrected chi connectivity index (χ1v) is 5.98. The van der Waals surface area contributed by atoms with Gasteiger partial charge >= 0.3 is 0 Å². The first-order valence-electron chi connectivity index (χ1n) is 5.98. The lowest BCUT2D eigenvalue weighted by atomic mass is 10.0. The molecular weight excluding hydrogens is 247 g/mol. The Balaban J connectivity index is 2.19. The van der Waals surface area contributed by atoms with Crippen LogP contribution >= 0.6 is 0 Å². The summed E-state index contributed by atoms with van der Waals surface area (Å²) >= 11 is 0. The minimum Gasteiger partial charge on any atom is -0.494 e. The summed E-state index contributed by atoms with van der Waals surface area (Å²) < 4.78 is 23.9. The molecule has 1 unspecified atom stereocenters. The summed E-state index contributed by atoms with van der Waals surface area (Å²) in [7, 11) is 1.44. The summed E-state index contributed by atoms with van der Waals surface area (Å²) in [5.41, 5.74) is 4.52. The molecule has 5 heteroatoms. The first-order chi connectivity index (χ1) is 9.15. The van der Waals surface area contributed by atoms with E-state index in [-0.39, 0.29) is 17.6 Å². The smallest absolute Gasteiger partial charge is 0.165 e. The highest BCUT2D eigenvalue weighted by Gasteiger charge is 2.17. The van der Waals surface area contributed by atoms with Gasteiger partial charge in [-0.1, -0.05) is 6.07 Å². The molecule has 0 amide bonds. The predicted octanol–water partition coefficient (Wildman–Crippen LogP) is 2.48. The highest BCUT2D eigenvalue weighted by molar-refractivity contribution is 5.30. The maximum absolute atomic E-state index is 13.6. The molecule has 0 saturated heterocycles. The Morgan fingerprint density at radius 3 is 2.74 bits per heavy atom. The number of ether oxygens (including phenoxy) is 1. The molecule has 4 nitrogen and oxygen atoms in total. The molecule has 102 valence electrons. The summed E-state index contributed by atoms with van der Waals surface area (Å²) in [6.07, 6.45) is 2.15. The van der Waals surface area contributed by atoms with Gasteiger partial charge in [-0.15, -0.1) is 0 Å². The molecule has 0 bridgehead atoms. The van der Waals surface area contributed by atoms with Gasteiger partial charge in [0.05, 0.1) is 19.4 Å². The third kappa shape index (κ3) is 2.94. The van der Waals surface area contributed by atoms with E-state index in [9.17, 15) is 4.39 Å². The van der Waals surface area contributed by atoms with E-state index in [1.807, 2.05) is 19.1 Å². The van der Waals surface area contributed by atoms with Crippen LogP contribution in [0.5, 0.6) is 5.75 Å². The van der Waals surface area contributed by atoms with Gasteiger partial charge in [0.1, 0.15) is 5.76 Å². The van der Waals surface area contributed by atoms with Gasteiger partial charge in [0.15, 0.2) is 11.6 Å². The molecule has 1 aromatic heterocycles. The van der Waals surface area contributed by atoms with Crippen molar-refractivity contribution in [2.24, 2.45) is 5.84 Å². The first kappa shape index (κ1) is 13.6. The van der Waals surface area contributed by atoms with Crippen molar-refractivity contribution in [3.8, 4) is 5.75 Å². The molecule has 3 N–H and O–H groups in total. The lowest BCUT2D eigenvalue weighted by Gasteiger charge is -2.15. The van der Waals surface area contributed by atoms with Gasteiger partial charge in [0, 0.05) is 0 Å². The highest BCUT2D eigenvalue weighted by Crippen LogP contribution is 2.24. The fourth-order valence-electron chi connectivity index (χ4n) is 2.04. The summed E-state index contributed by atoms with van der Waals surface area (Å²) in [6, 6.07) is 6.54. The number of aryl methyl sites for hydroxylation is 1. The van der Waals surface area contributed by atoms with Gasteiger partial charge in [0.2, 0.25) is 0 Å². The van der Waals surface area contributed by atoms with Crippen LogP contribution in [0, 0.1) is 12.7 Å². The molecule has 1 aromatic carbocycles. The molecule has 0 fully saturated rings. The Kier molecular flexibility index (Phi) is 4.19. The van der Waals surface area contributed by atoms with E-state index in [4.69, 9.17) is 15.0 Å². The molecule has 0 aliphatic rings. The maximum Gasteiger partial charge on any atom is 0.165 e. The molecule has 0 spiro atoms. The standard InChI is InChI=1S/C14H17FN2O2/c1-9-5-6-19-14(9)12(17-16)8-10-3-4-13(18-2)11(15)7-10/h3-7,12,17H,8,16H2,1-2H3. The second-order valence-electron chi connectivity index (χ2n) is 4.36. The predicted molar refractivity (Wildman–Crippen MR) is 70.2 cm³/mol. The van der Waals surface area contributed by atoms with Crippen molar-refractivity contribution in [3.63, 3.8) is 0 Å². The summed E-state index contributed by atoms with van der Waals surface area (Å²) in [5, 5.41) is 0. The molecule has 1 atom stereocenters. The Hall–Kier alpha value is -1.85. The van der Waals surface area contributed by atoms with Gasteiger partial charge in [0.25, 0.3) is 0 Å². The van der Waals surface area contributed by atoms with Crippen LogP contribution < -0.4 is 16.0 Å². The topological polar surface area (TPSA) is 60.4 Å². The van der Waals surface area contributed by atoms with Gasteiger partial charge in [-0.25, -0.2) is 9.82 Å². The lowest BCUT2D eigenvalue weighted by molar-refractivity contribution is 0.385. The largest absolute Gasteiger partial charge is 0.494 e. The lowest BCUT2D eigenvalue weighted by Crippen LogP contribution is -2.29. The van der Waals surface area contributed by atoms with E-state index in [1.54, 1.807) is 12.3 Å². The third-order valence-corrected chi connectivity index (χ3v) is 3.08. The normalized spacial score (nSPS) is 12.4. The molecule has 19 heavy (non-hydrogen) atoms. The summed E-state index contributed by atoms with van der Waals surface area (Å²) in [5.74, 6) is 6.16. The molecule has 0 radical (unpaired) electrons. The van der Waals surface area contributed by atoms with Crippen LogP contribution in [-0.2, 0) is 6.42 Å². The van der Waals surface area contributed by atoms with Crippen LogP contribution in [0.2, 0.25) is 0 Å².